The van der Waals surface area contributed by atoms with E-state index in [4.69, 9.17) is 14.2 Å². The van der Waals surface area contributed by atoms with Crippen molar-refractivity contribution in [2.75, 3.05) is 39.4 Å². The van der Waals surface area contributed by atoms with Crippen molar-refractivity contribution in [1.82, 2.24) is 20.0 Å². The number of carbonyl (C=O) groups excluding carboxylic acids is 3. The van der Waals surface area contributed by atoms with Crippen molar-refractivity contribution in [3.05, 3.63) is 0 Å². The summed E-state index contributed by atoms with van der Waals surface area (Å²) in [5.41, 5.74) is -0.900. The van der Waals surface area contributed by atoms with Crippen LogP contribution in [0.2, 0.25) is 0 Å². The van der Waals surface area contributed by atoms with Crippen LogP contribution >= 0.6 is 0 Å². The zero-order chi connectivity index (χ0) is 33.5. The van der Waals surface area contributed by atoms with Crippen LogP contribution < -0.4 is 5.32 Å². The van der Waals surface area contributed by atoms with Crippen LogP contribution in [0.1, 0.15) is 119 Å². The van der Waals surface area contributed by atoms with E-state index in [0.29, 0.717) is 49.7 Å². The summed E-state index contributed by atoms with van der Waals surface area (Å²) in [6.07, 6.45) is 12.4. The minimum atomic E-state index is -0.472. The predicted molar refractivity (Wildman–Crippen MR) is 177 cm³/mol. The standard InChI is InChI=1S/C18H30N2O4.C17H32N2O3/c1-18(2,3)24-16(21)19-10-8-14(9-11-19)20-15-7-5-4-6-13(15)12-23-17(20)22;1-17(2,3)22-16(21)19-10-8-14(9-11-19)18-15-7-5-4-6-13(15)12-20/h13-15H,4-12H2,1-3H3;13-15,18,20H,4-12H2,1-3H3/t2*13-,15+/m11/s1. The molecule has 3 saturated heterocycles. The summed E-state index contributed by atoms with van der Waals surface area (Å²) in [5.74, 6) is 0.887. The van der Waals surface area contributed by atoms with Crippen molar-refractivity contribution >= 4 is 18.3 Å². The molecule has 264 valence electrons. The van der Waals surface area contributed by atoms with E-state index < -0.39 is 11.2 Å². The summed E-state index contributed by atoms with van der Waals surface area (Å²) < 4.78 is 16.3. The van der Waals surface area contributed by atoms with Crippen LogP contribution in [0.25, 0.3) is 0 Å². The molecule has 0 aromatic rings. The van der Waals surface area contributed by atoms with Gasteiger partial charge in [-0.1, -0.05) is 25.7 Å². The Balaban J connectivity index is 0.000000210. The molecule has 3 amide bonds. The molecule has 2 N–H and O–H groups in total. The van der Waals surface area contributed by atoms with Gasteiger partial charge in [-0.05, 0) is 98.8 Å². The van der Waals surface area contributed by atoms with Crippen molar-refractivity contribution in [2.24, 2.45) is 11.8 Å². The second-order valence-electron chi connectivity index (χ2n) is 16.0. The average molecular weight is 651 g/mol. The normalized spacial score (nSPS) is 28.4. The van der Waals surface area contributed by atoms with Gasteiger partial charge in [0.05, 0.1) is 6.61 Å². The molecule has 5 rings (SSSR count). The topological polar surface area (TPSA) is 121 Å². The van der Waals surface area contributed by atoms with Gasteiger partial charge in [0.25, 0.3) is 0 Å². The lowest BCUT2D eigenvalue weighted by Crippen LogP contribution is -2.58. The van der Waals surface area contributed by atoms with E-state index in [1.54, 1.807) is 4.90 Å². The Morgan fingerprint density at radius 2 is 1.30 bits per heavy atom. The number of carbonyl (C=O) groups is 3. The number of piperidine rings is 2. The molecule has 0 bridgehead atoms. The number of amides is 3. The fourth-order valence-corrected chi connectivity index (χ4v) is 7.71. The molecule has 2 aliphatic carbocycles. The largest absolute Gasteiger partial charge is 0.449 e. The summed E-state index contributed by atoms with van der Waals surface area (Å²) in [6, 6.07) is 1.41. The number of nitrogens with one attached hydrogen (secondary N) is 1. The lowest BCUT2D eigenvalue weighted by molar-refractivity contribution is -0.0388. The second-order valence-corrected chi connectivity index (χ2v) is 16.0. The van der Waals surface area contributed by atoms with Gasteiger partial charge in [-0.25, -0.2) is 14.4 Å². The SMILES string of the molecule is CC(C)(C)OC(=O)N1CCC(N2C(=O)OC[C@H]3CCCC[C@@H]32)CC1.CC(C)(C)OC(=O)N1CCC(N[C@H]2CCCC[C@@H]2CO)CC1. The second kappa shape index (κ2) is 16.2. The highest BCUT2D eigenvalue weighted by Crippen LogP contribution is 2.36. The molecular formula is C35H62N4O7. The van der Waals surface area contributed by atoms with Crippen LogP contribution in [0.3, 0.4) is 0 Å². The molecule has 4 atom stereocenters. The first-order valence-corrected chi connectivity index (χ1v) is 18.0. The van der Waals surface area contributed by atoms with Crippen molar-refractivity contribution in [1.29, 1.82) is 0 Å². The van der Waals surface area contributed by atoms with E-state index in [2.05, 4.69) is 5.32 Å². The molecule has 2 saturated carbocycles. The number of rotatable bonds is 4. The highest BCUT2D eigenvalue weighted by Gasteiger charge is 2.43. The van der Waals surface area contributed by atoms with E-state index in [0.717, 1.165) is 64.5 Å². The minimum Gasteiger partial charge on any atom is -0.449 e. The number of ether oxygens (including phenoxy) is 3. The number of likely N-dealkylation sites (tertiary alicyclic amines) is 2. The first kappa shape index (κ1) is 36.6. The maximum atomic E-state index is 12.3. The molecule has 0 radical (unpaired) electrons. The summed E-state index contributed by atoms with van der Waals surface area (Å²) in [6.45, 7) is 15.0. The van der Waals surface area contributed by atoms with Gasteiger partial charge in [-0.2, -0.15) is 0 Å². The van der Waals surface area contributed by atoms with E-state index >= 15 is 0 Å². The number of nitrogens with zero attached hydrogens (tertiary/aromatic N) is 3. The quantitative estimate of drug-likeness (QED) is 0.360. The smallest absolute Gasteiger partial charge is 0.410 e. The summed E-state index contributed by atoms with van der Waals surface area (Å²) in [4.78, 5) is 42.2. The van der Waals surface area contributed by atoms with E-state index in [9.17, 15) is 19.5 Å². The first-order chi connectivity index (χ1) is 21.7. The monoisotopic (exact) mass is 650 g/mol. The lowest BCUT2D eigenvalue weighted by atomic mass is 9.82. The number of fused-ring (bicyclic) bond motifs is 1. The first-order valence-electron chi connectivity index (χ1n) is 18.0. The molecule has 0 aromatic carbocycles. The van der Waals surface area contributed by atoms with Crippen molar-refractivity contribution < 1.29 is 33.7 Å². The fraction of sp³-hybridized carbons (Fsp3) is 0.914. The Morgan fingerprint density at radius 1 is 0.783 bits per heavy atom. The Hall–Kier alpha value is -2.27. The highest BCUT2D eigenvalue weighted by atomic mass is 16.6. The number of hydrogen-bond acceptors (Lipinski definition) is 8. The van der Waals surface area contributed by atoms with Crippen LogP contribution in [-0.4, -0.2) is 113 Å². The highest BCUT2D eigenvalue weighted by molar-refractivity contribution is 5.70. The summed E-state index contributed by atoms with van der Waals surface area (Å²) in [5, 5.41) is 13.2. The third-order valence-electron chi connectivity index (χ3n) is 10.1. The molecule has 46 heavy (non-hydrogen) atoms. The van der Waals surface area contributed by atoms with Crippen molar-refractivity contribution in [3.63, 3.8) is 0 Å². The van der Waals surface area contributed by atoms with Crippen molar-refractivity contribution in [3.8, 4) is 0 Å². The van der Waals surface area contributed by atoms with Crippen LogP contribution in [0.5, 0.6) is 0 Å². The Morgan fingerprint density at radius 3 is 1.87 bits per heavy atom. The third-order valence-corrected chi connectivity index (χ3v) is 10.1. The molecule has 11 nitrogen and oxygen atoms in total. The number of aliphatic hydroxyl groups is 1. The molecule has 0 aromatic heterocycles. The Labute approximate surface area is 277 Å². The van der Waals surface area contributed by atoms with Gasteiger partial charge in [-0.15, -0.1) is 0 Å². The minimum absolute atomic E-state index is 0.158. The molecule has 0 unspecified atom stereocenters. The van der Waals surface area contributed by atoms with Crippen LogP contribution in [0.4, 0.5) is 14.4 Å². The molecule has 3 aliphatic heterocycles. The molecule has 5 aliphatic rings. The maximum Gasteiger partial charge on any atom is 0.410 e. The Bertz CT molecular complexity index is 996. The van der Waals surface area contributed by atoms with Crippen LogP contribution in [0.15, 0.2) is 0 Å². The summed E-state index contributed by atoms with van der Waals surface area (Å²) in [7, 11) is 0. The van der Waals surface area contributed by atoms with E-state index in [-0.39, 0.29) is 30.9 Å². The van der Waals surface area contributed by atoms with Gasteiger partial charge in [0, 0.05) is 62.9 Å². The van der Waals surface area contributed by atoms with Crippen LogP contribution in [-0.2, 0) is 14.2 Å². The third kappa shape index (κ3) is 10.6. The van der Waals surface area contributed by atoms with E-state index in [1.807, 2.05) is 51.3 Å². The van der Waals surface area contributed by atoms with Gasteiger partial charge >= 0.3 is 18.3 Å². The average Bonchev–Trinajstić information content (AvgIpc) is 3.00. The number of cyclic esters (lactones) is 1. The number of aliphatic hydroxyl groups excluding tert-OH is 1. The van der Waals surface area contributed by atoms with Crippen molar-refractivity contribution in [2.45, 2.75) is 154 Å². The number of hydrogen-bond donors (Lipinski definition) is 2. The fourth-order valence-electron chi connectivity index (χ4n) is 7.71. The maximum absolute atomic E-state index is 12.3. The molecule has 0 spiro atoms. The van der Waals surface area contributed by atoms with Gasteiger partial charge in [0.2, 0.25) is 0 Å². The van der Waals surface area contributed by atoms with Gasteiger partial charge in [-0.3, -0.25) is 0 Å². The van der Waals surface area contributed by atoms with Gasteiger partial charge in [0.1, 0.15) is 11.2 Å². The molecule has 11 heteroatoms. The van der Waals surface area contributed by atoms with Gasteiger partial charge < -0.3 is 39.3 Å². The Kier molecular flexibility index (Phi) is 12.9. The predicted octanol–water partition coefficient (Wildman–Crippen LogP) is 5.92. The lowest BCUT2D eigenvalue weighted by Gasteiger charge is -2.48. The zero-order valence-corrected chi connectivity index (χ0v) is 29.4. The summed E-state index contributed by atoms with van der Waals surface area (Å²) >= 11 is 0. The zero-order valence-electron chi connectivity index (χ0n) is 29.4. The molecular weight excluding hydrogens is 588 g/mol. The molecule has 3 heterocycles. The van der Waals surface area contributed by atoms with E-state index in [1.165, 1.54) is 25.7 Å². The molecule has 5 fully saturated rings. The van der Waals surface area contributed by atoms with Crippen LogP contribution in [0, 0.1) is 11.8 Å². The van der Waals surface area contributed by atoms with Gasteiger partial charge in [0.15, 0.2) is 0 Å².